The highest BCUT2D eigenvalue weighted by Gasteiger charge is 2.13. The summed E-state index contributed by atoms with van der Waals surface area (Å²) in [5, 5.41) is 2.07. The van der Waals surface area contributed by atoms with Crippen molar-refractivity contribution in [2.24, 2.45) is 5.73 Å². The molecule has 0 saturated heterocycles. The Hall–Kier alpha value is -0.990. The van der Waals surface area contributed by atoms with Crippen LogP contribution >= 0.6 is 11.6 Å². The third-order valence-electron chi connectivity index (χ3n) is 3.08. The number of hydrogen-bond donors (Lipinski definition) is 2. The Kier molecular flexibility index (Phi) is 3.22. The minimum atomic E-state index is 0.670. The number of aromatic nitrogens is 1. The fraction of sp³-hybridized carbons (Fsp3) is 0.385. The van der Waals surface area contributed by atoms with Gasteiger partial charge in [0, 0.05) is 11.1 Å². The van der Waals surface area contributed by atoms with Crippen molar-refractivity contribution in [3.63, 3.8) is 0 Å². The van der Waals surface area contributed by atoms with Gasteiger partial charge in [-0.15, -0.1) is 0 Å². The highest BCUT2D eigenvalue weighted by Crippen LogP contribution is 2.31. The largest absolute Gasteiger partial charge is 0.357 e. The Bertz CT molecular complexity index is 514. The Morgan fingerprint density at radius 1 is 1.38 bits per heavy atom. The van der Waals surface area contributed by atoms with Crippen LogP contribution in [0.25, 0.3) is 10.9 Å². The van der Waals surface area contributed by atoms with E-state index in [1.54, 1.807) is 0 Å². The molecule has 0 fully saturated rings. The summed E-state index contributed by atoms with van der Waals surface area (Å²) in [5.41, 5.74) is 10.6. The van der Waals surface area contributed by atoms with Gasteiger partial charge in [-0.1, -0.05) is 24.6 Å². The Morgan fingerprint density at radius 2 is 2.12 bits per heavy atom. The molecule has 0 unspecified atom stereocenters. The molecular formula is C13H17ClN2. The minimum absolute atomic E-state index is 0.670. The molecule has 86 valence electrons. The normalized spacial score (nSPS) is 11.2. The first-order valence-electron chi connectivity index (χ1n) is 5.67. The van der Waals surface area contributed by atoms with Crippen LogP contribution < -0.4 is 5.73 Å². The third kappa shape index (κ3) is 1.72. The number of nitrogens with one attached hydrogen (secondary N) is 1. The summed E-state index contributed by atoms with van der Waals surface area (Å²) in [7, 11) is 0. The van der Waals surface area contributed by atoms with E-state index >= 15 is 0 Å². The molecule has 2 aromatic rings. The summed E-state index contributed by atoms with van der Waals surface area (Å²) in [5.74, 6) is 0. The molecule has 2 rings (SSSR count). The van der Waals surface area contributed by atoms with Crippen LogP contribution in [0.4, 0.5) is 0 Å². The number of benzene rings is 1. The second-order valence-corrected chi connectivity index (χ2v) is 4.48. The monoisotopic (exact) mass is 236 g/mol. The first-order chi connectivity index (χ1) is 7.69. The number of halogens is 1. The molecule has 0 radical (unpaired) electrons. The van der Waals surface area contributed by atoms with E-state index < -0.39 is 0 Å². The van der Waals surface area contributed by atoms with Crippen molar-refractivity contribution in [1.82, 2.24) is 4.98 Å². The predicted octanol–water partition coefficient (Wildman–Crippen LogP) is 3.19. The third-order valence-corrected chi connectivity index (χ3v) is 3.40. The zero-order valence-corrected chi connectivity index (χ0v) is 10.5. The molecule has 0 atom stereocenters. The van der Waals surface area contributed by atoms with Crippen molar-refractivity contribution in [2.45, 2.75) is 26.7 Å². The van der Waals surface area contributed by atoms with Gasteiger partial charge in [0.2, 0.25) is 0 Å². The SMILES string of the molecule is CCc1ccc(Cl)c2[nH]c(C)c(CCN)c12. The first-order valence-corrected chi connectivity index (χ1v) is 6.05. The number of fused-ring (bicyclic) bond motifs is 1. The smallest absolute Gasteiger partial charge is 0.0651 e. The second kappa shape index (κ2) is 4.48. The van der Waals surface area contributed by atoms with Crippen LogP contribution in [0.15, 0.2) is 12.1 Å². The van der Waals surface area contributed by atoms with Gasteiger partial charge in [-0.05, 0) is 43.5 Å². The summed E-state index contributed by atoms with van der Waals surface area (Å²) < 4.78 is 0. The molecule has 0 aliphatic heterocycles. The molecule has 3 N–H and O–H groups in total. The molecule has 1 aromatic heterocycles. The highest BCUT2D eigenvalue weighted by atomic mass is 35.5. The highest BCUT2D eigenvalue weighted by molar-refractivity contribution is 6.35. The van der Waals surface area contributed by atoms with Crippen molar-refractivity contribution in [3.8, 4) is 0 Å². The molecule has 0 saturated carbocycles. The average molecular weight is 237 g/mol. The standard InChI is InChI=1S/C13H17ClN2/c1-3-9-4-5-11(14)13-12(9)10(6-7-15)8(2)16-13/h4-5,16H,3,6-7,15H2,1-2H3. The molecule has 3 heteroatoms. The average Bonchev–Trinajstić information content (AvgIpc) is 2.59. The zero-order chi connectivity index (χ0) is 11.7. The predicted molar refractivity (Wildman–Crippen MR) is 70.2 cm³/mol. The molecule has 16 heavy (non-hydrogen) atoms. The van der Waals surface area contributed by atoms with Crippen LogP contribution in [0.3, 0.4) is 0 Å². The van der Waals surface area contributed by atoms with Gasteiger partial charge in [0.15, 0.2) is 0 Å². The molecular weight excluding hydrogens is 220 g/mol. The summed E-state index contributed by atoms with van der Waals surface area (Å²) in [4.78, 5) is 3.37. The summed E-state index contributed by atoms with van der Waals surface area (Å²) in [6.45, 7) is 4.92. The summed E-state index contributed by atoms with van der Waals surface area (Å²) in [6.07, 6.45) is 1.92. The number of aryl methyl sites for hydroxylation is 2. The first kappa shape index (κ1) is 11.5. The molecule has 2 nitrogen and oxygen atoms in total. The van der Waals surface area contributed by atoms with E-state index in [0.29, 0.717) is 6.54 Å². The van der Waals surface area contributed by atoms with Crippen molar-refractivity contribution >= 4 is 22.5 Å². The number of hydrogen-bond acceptors (Lipinski definition) is 1. The Morgan fingerprint density at radius 3 is 2.75 bits per heavy atom. The lowest BCUT2D eigenvalue weighted by molar-refractivity contribution is 0.961. The minimum Gasteiger partial charge on any atom is -0.357 e. The van der Waals surface area contributed by atoms with Gasteiger partial charge in [-0.2, -0.15) is 0 Å². The van der Waals surface area contributed by atoms with Gasteiger partial charge < -0.3 is 10.7 Å². The second-order valence-electron chi connectivity index (χ2n) is 4.08. The van der Waals surface area contributed by atoms with Gasteiger partial charge in [-0.25, -0.2) is 0 Å². The lowest BCUT2D eigenvalue weighted by atomic mass is 10.0. The van der Waals surface area contributed by atoms with E-state index in [9.17, 15) is 0 Å². The number of H-pyrrole nitrogens is 1. The maximum Gasteiger partial charge on any atom is 0.0651 e. The number of rotatable bonds is 3. The van der Waals surface area contributed by atoms with Crippen molar-refractivity contribution in [3.05, 3.63) is 34.0 Å². The molecule has 0 amide bonds. The van der Waals surface area contributed by atoms with Gasteiger partial charge in [0.1, 0.15) is 0 Å². The fourth-order valence-corrected chi connectivity index (χ4v) is 2.49. The van der Waals surface area contributed by atoms with Crippen LogP contribution in [0, 0.1) is 6.92 Å². The van der Waals surface area contributed by atoms with Crippen LogP contribution in [-0.2, 0) is 12.8 Å². The van der Waals surface area contributed by atoms with Crippen LogP contribution in [0.2, 0.25) is 5.02 Å². The Balaban J connectivity index is 2.78. The zero-order valence-electron chi connectivity index (χ0n) is 9.73. The van der Waals surface area contributed by atoms with E-state index in [1.165, 1.54) is 22.2 Å². The van der Waals surface area contributed by atoms with Crippen molar-refractivity contribution in [2.75, 3.05) is 6.54 Å². The quantitative estimate of drug-likeness (QED) is 0.845. The van der Waals surface area contributed by atoms with E-state index in [4.69, 9.17) is 17.3 Å². The molecule has 0 aliphatic rings. The lowest BCUT2D eigenvalue weighted by Crippen LogP contribution is -2.03. The maximum atomic E-state index is 6.21. The van der Waals surface area contributed by atoms with Crippen LogP contribution in [0.1, 0.15) is 23.7 Å². The molecule has 0 spiro atoms. The lowest BCUT2D eigenvalue weighted by Gasteiger charge is -2.04. The Labute approximate surface area is 101 Å². The molecule has 0 bridgehead atoms. The van der Waals surface area contributed by atoms with E-state index in [-0.39, 0.29) is 0 Å². The van der Waals surface area contributed by atoms with Gasteiger partial charge in [-0.3, -0.25) is 0 Å². The molecule has 1 aromatic carbocycles. The van der Waals surface area contributed by atoms with Crippen molar-refractivity contribution < 1.29 is 0 Å². The van der Waals surface area contributed by atoms with E-state index in [0.717, 1.165) is 23.4 Å². The fourth-order valence-electron chi connectivity index (χ4n) is 2.29. The summed E-state index contributed by atoms with van der Waals surface area (Å²) >= 11 is 6.21. The van der Waals surface area contributed by atoms with Crippen LogP contribution in [0.5, 0.6) is 0 Å². The van der Waals surface area contributed by atoms with Crippen molar-refractivity contribution in [1.29, 1.82) is 0 Å². The van der Waals surface area contributed by atoms with E-state index in [2.05, 4.69) is 24.9 Å². The number of aromatic amines is 1. The van der Waals surface area contributed by atoms with E-state index in [1.807, 2.05) is 6.07 Å². The maximum absolute atomic E-state index is 6.21. The van der Waals surface area contributed by atoms with Gasteiger partial charge in [0.25, 0.3) is 0 Å². The topological polar surface area (TPSA) is 41.8 Å². The number of nitrogens with two attached hydrogens (primary N) is 1. The van der Waals surface area contributed by atoms with Gasteiger partial charge >= 0.3 is 0 Å². The van der Waals surface area contributed by atoms with Crippen LogP contribution in [-0.4, -0.2) is 11.5 Å². The molecule has 0 aliphatic carbocycles. The molecule has 1 heterocycles. The van der Waals surface area contributed by atoms with Gasteiger partial charge in [0.05, 0.1) is 10.5 Å². The summed E-state index contributed by atoms with van der Waals surface area (Å²) in [6, 6.07) is 4.07.